The molecular formula is C22H25N3O5S. The first-order valence-electron chi connectivity index (χ1n) is 10.1. The molecule has 1 amide bonds. The Morgan fingerprint density at radius 1 is 1.10 bits per heavy atom. The molecule has 31 heavy (non-hydrogen) atoms. The monoisotopic (exact) mass is 443 g/mol. The SMILES string of the molecule is CCOC(=O)c1ccc(NC(=O)Cn2c(=O)n(CCC(C)C)c(=O)c3sccc32)cc1. The maximum absolute atomic E-state index is 13.0. The van der Waals surface area contributed by atoms with Crippen LogP contribution in [0.25, 0.3) is 10.2 Å². The maximum Gasteiger partial charge on any atom is 0.338 e. The van der Waals surface area contributed by atoms with Crippen molar-refractivity contribution in [3.05, 3.63) is 62.1 Å². The minimum absolute atomic E-state index is 0.229. The summed E-state index contributed by atoms with van der Waals surface area (Å²) < 4.78 is 7.93. The third-order valence-corrected chi connectivity index (χ3v) is 5.64. The van der Waals surface area contributed by atoms with Crippen LogP contribution in [0.4, 0.5) is 5.69 Å². The summed E-state index contributed by atoms with van der Waals surface area (Å²) in [7, 11) is 0. The highest BCUT2D eigenvalue weighted by molar-refractivity contribution is 7.17. The molecule has 0 aliphatic rings. The fourth-order valence-electron chi connectivity index (χ4n) is 3.12. The zero-order valence-electron chi connectivity index (χ0n) is 17.7. The van der Waals surface area contributed by atoms with Gasteiger partial charge in [0.05, 0.1) is 17.7 Å². The zero-order chi connectivity index (χ0) is 22.5. The van der Waals surface area contributed by atoms with Gasteiger partial charge in [0.15, 0.2) is 0 Å². The van der Waals surface area contributed by atoms with Crippen LogP contribution in [0.1, 0.15) is 37.6 Å². The predicted octanol–water partition coefficient (Wildman–Crippen LogP) is 3.09. The van der Waals surface area contributed by atoms with E-state index >= 15 is 0 Å². The number of carbonyl (C=O) groups is 2. The molecule has 0 spiro atoms. The number of rotatable bonds is 8. The number of hydrogen-bond donors (Lipinski definition) is 1. The number of hydrogen-bond acceptors (Lipinski definition) is 6. The van der Waals surface area contributed by atoms with Gasteiger partial charge >= 0.3 is 11.7 Å². The summed E-state index contributed by atoms with van der Waals surface area (Å²) in [6.45, 7) is 6.13. The molecule has 3 rings (SSSR count). The summed E-state index contributed by atoms with van der Waals surface area (Å²) in [5.74, 6) is -0.511. The normalized spacial score (nSPS) is 11.1. The van der Waals surface area contributed by atoms with E-state index in [4.69, 9.17) is 4.74 Å². The molecule has 164 valence electrons. The number of nitrogens with one attached hydrogen (secondary N) is 1. The van der Waals surface area contributed by atoms with Gasteiger partial charge in [0.25, 0.3) is 5.56 Å². The summed E-state index contributed by atoms with van der Waals surface area (Å²) >= 11 is 1.26. The van der Waals surface area contributed by atoms with Crippen molar-refractivity contribution in [1.82, 2.24) is 9.13 Å². The van der Waals surface area contributed by atoms with Crippen LogP contribution in [0.15, 0.2) is 45.3 Å². The highest BCUT2D eigenvalue weighted by Crippen LogP contribution is 2.16. The van der Waals surface area contributed by atoms with Crippen LogP contribution in [0.3, 0.4) is 0 Å². The summed E-state index contributed by atoms with van der Waals surface area (Å²) in [5.41, 5.74) is 0.508. The highest BCUT2D eigenvalue weighted by atomic mass is 32.1. The van der Waals surface area contributed by atoms with Crippen molar-refractivity contribution in [2.45, 2.75) is 40.3 Å². The van der Waals surface area contributed by atoms with E-state index < -0.39 is 17.6 Å². The van der Waals surface area contributed by atoms with Gasteiger partial charge in [0, 0.05) is 12.2 Å². The first-order chi connectivity index (χ1) is 14.8. The molecule has 0 fully saturated rings. The Morgan fingerprint density at radius 2 is 1.81 bits per heavy atom. The van der Waals surface area contributed by atoms with Gasteiger partial charge in [-0.25, -0.2) is 9.59 Å². The third-order valence-electron chi connectivity index (χ3n) is 4.75. The third kappa shape index (κ3) is 5.11. The average molecular weight is 444 g/mol. The molecule has 8 nitrogen and oxygen atoms in total. The summed E-state index contributed by atoms with van der Waals surface area (Å²) in [5, 5.41) is 4.46. The van der Waals surface area contributed by atoms with Gasteiger partial charge in [0.1, 0.15) is 11.2 Å². The van der Waals surface area contributed by atoms with Crippen molar-refractivity contribution < 1.29 is 14.3 Å². The van der Waals surface area contributed by atoms with Crippen molar-refractivity contribution in [3.8, 4) is 0 Å². The summed E-state index contributed by atoms with van der Waals surface area (Å²) in [4.78, 5) is 50.1. The number of fused-ring (bicyclic) bond motifs is 1. The number of ether oxygens (including phenoxy) is 1. The molecule has 0 atom stereocenters. The van der Waals surface area contributed by atoms with E-state index in [2.05, 4.69) is 5.32 Å². The maximum atomic E-state index is 13.0. The van der Waals surface area contributed by atoms with Gasteiger partial charge in [-0.15, -0.1) is 11.3 Å². The minimum Gasteiger partial charge on any atom is -0.462 e. The molecule has 0 unspecified atom stereocenters. The van der Waals surface area contributed by atoms with E-state index in [0.29, 0.717) is 40.4 Å². The van der Waals surface area contributed by atoms with Crippen molar-refractivity contribution in [2.75, 3.05) is 11.9 Å². The number of thiophene rings is 1. The average Bonchev–Trinajstić information content (AvgIpc) is 3.21. The molecule has 0 aliphatic carbocycles. The molecule has 2 aromatic heterocycles. The molecule has 1 aromatic carbocycles. The second-order valence-corrected chi connectivity index (χ2v) is 8.41. The van der Waals surface area contributed by atoms with Gasteiger partial charge in [-0.2, -0.15) is 0 Å². The van der Waals surface area contributed by atoms with Gasteiger partial charge in [-0.3, -0.25) is 18.7 Å². The summed E-state index contributed by atoms with van der Waals surface area (Å²) in [6.07, 6.45) is 0.686. The molecule has 0 bridgehead atoms. The topological polar surface area (TPSA) is 99.4 Å². The van der Waals surface area contributed by atoms with Crippen LogP contribution >= 0.6 is 11.3 Å². The molecule has 0 radical (unpaired) electrons. The molecule has 3 aromatic rings. The first-order valence-corrected chi connectivity index (χ1v) is 11.0. The van der Waals surface area contributed by atoms with E-state index in [0.717, 1.165) is 0 Å². The van der Waals surface area contributed by atoms with Crippen LogP contribution in [0.2, 0.25) is 0 Å². The smallest absolute Gasteiger partial charge is 0.338 e. The fourth-order valence-corrected chi connectivity index (χ4v) is 3.96. The molecule has 2 heterocycles. The lowest BCUT2D eigenvalue weighted by Crippen LogP contribution is -2.41. The van der Waals surface area contributed by atoms with Crippen LogP contribution in [0, 0.1) is 5.92 Å². The minimum atomic E-state index is -0.496. The van der Waals surface area contributed by atoms with E-state index in [1.807, 2.05) is 13.8 Å². The molecule has 1 N–H and O–H groups in total. The van der Waals surface area contributed by atoms with E-state index in [1.165, 1.54) is 20.5 Å². The Morgan fingerprint density at radius 3 is 2.45 bits per heavy atom. The Labute approximate surface area is 183 Å². The van der Waals surface area contributed by atoms with Crippen LogP contribution in [-0.2, 0) is 22.6 Å². The second-order valence-electron chi connectivity index (χ2n) is 7.49. The van der Waals surface area contributed by atoms with Gasteiger partial charge in [-0.1, -0.05) is 13.8 Å². The Kier molecular flexibility index (Phi) is 7.06. The number of anilines is 1. The molecule has 0 aliphatic heterocycles. The lowest BCUT2D eigenvalue weighted by Gasteiger charge is -2.13. The van der Waals surface area contributed by atoms with E-state index in [-0.39, 0.29) is 18.7 Å². The molecule has 9 heteroatoms. The number of amides is 1. The highest BCUT2D eigenvalue weighted by Gasteiger charge is 2.17. The number of carbonyl (C=O) groups excluding carboxylic acids is 2. The Balaban J connectivity index is 1.83. The molecular weight excluding hydrogens is 418 g/mol. The summed E-state index contributed by atoms with van der Waals surface area (Å²) in [6, 6.07) is 7.98. The Hall–Kier alpha value is -3.20. The zero-order valence-corrected chi connectivity index (χ0v) is 18.5. The number of esters is 1. The lowest BCUT2D eigenvalue weighted by atomic mass is 10.1. The molecule has 0 saturated carbocycles. The van der Waals surface area contributed by atoms with Crippen LogP contribution < -0.4 is 16.6 Å². The van der Waals surface area contributed by atoms with Crippen molar-refractivity contribution >= 4 is 39.1 Å². The predicted molar refractivity (Wildman–Crippen MR) is 121 cm³/mol. The van der Waals surface area contributed by atoms with Crippen molar-refractivity contribution in [2.24, 2.45) is 5.92 Å². The van der Waals surface area contributed by atoms with Crippen LogP contribution in [0.5, 0.6) is 0 Å². The van der Waals surface area contributed by atoms with Crippen LogP contribution in [-0.4, -0.2) is 27.6 Å². The van der Waals surface area contributed by atoms with Gasteiger partial charge in [0.2, 0.25) is 5.91 Å². The Bertz CT molecular complexity index is 1200. The first kappa shape index (κ1) is 22.5. The second kappa shape index (κ2) is 9.74. The lowest BCUT2D eigenvalue weighted by molar-refractivity contribution is -0.116. The van der Waals surface area contributed by atoms with Crippen molar-refractivity contribution in [1.29, 1.82) is 0 Å². The number of nitrogens with zero attached hydrogens (tertiary/aromatic N) is 2. The van der Waals surface area contributed by atoms with Gasteiger partial charge < -0.3 is 10.1 Å². The standard InChI is InChI=1S/C22H25N3O5S/c1-4-30-21(28)15-5-7-16(8-6-15)23-18(26)13-25-17-10-12-31-19(17)20(27)24(22(25)29)11-9-14(2)3/h5-8,10,12,14H,4,9,11,13H2,1-3H3,(H,23,26). The number of aromatic nitrogens is 2. The van der Waals surface area contributed by atoms with E-state index in [9.17, 15) is 19.2 Å². The quantitative estimate of drug-likeness (QED) is 0.540. The van der Waals surface area contributed by atoms with Gasteiger partial charge in [-0.05, 0) is 55.0 Å². The fraction of sp³-hybridized carbons (Fsp3) is 0.364. The van der Waals surface area contributed by atoms with E-state index in [1.54, 1.807) is 42.6 Å². The van der Waals surface area contributed by atoms with Crippen molar-refractivity contribution in [3.63, 3.8) is 0 Å². The molecule has 0 saturated heterocycles. The number of benzene rings is 1. The largest absolute Gasteiger partial charge is 0.462 e.